The van der Waals surface area contributed by atoms with Crippen LogP contribution in [0.25, 0.3) is 0 Å². The lowest BCUT2D eigenvalue weighted by Gasteiger charge is -2.36. The van der Waals surface area contributed by atoms with Gasteiger partial charge in [-0.3, -0.25) is 9.59 Å². The summed E-state index contributed by atoms with van der Waals surface area (Å²) >= 11 is 0. The molecule has 2 N–H and O–H groups in total. The van der Waals surface area contributed by atoms with Crippen LogP contribution in [0.15, 0.2) is 17.2 Å². The van der Waals surface area contributed by atoms with E-state index in [2.05, 4.69) is 0 Å². The molecule has 2 amide bonds. The van der Waals surface area contributed by atoms with Gasteiger partial charge in [0, 0.05) is 45.3 Å². The standard InChI is InChI=1S/C17H26N4O5S/c1-12-10-20(7-8-26-12)17(23)13-3-5-21(6-4-13)27(24,25)14-9-15(16(18)22)19(2)11-14/h9,11-13H,3-8,10H2,1-2H3,(H2,18,22). The molecule has 10 heteroatoms. The number of primary amides is 1. The quantitative estimate of drug-likeness (QED) is 0.752. The number of ether oxygens (including phenoxy) is 1. The molecule has 27 heavy (non-hydrogen) atoms. The molecule has 2 fully saturated rings. The van der Waals surface area contributed by atoms with Crippen molar-refractivity contribution in [3.05, 3.63) is 18.0 Å². The van der Waals surface area contributed by atoms with E-state index < -0.39 is 15.9 Å². The van der Waals surface area contributed by atoms with Crippen molar-refractivity contribution in [2.24, 2.45) is 18.7 Å². The summed E-state index contributed by atoms with van der Waals surface area (Å²) in [6.45, 7) is 4.20. The minimum absolute atomic E-state index is 0.0284. The summed E-state index contributed by atoms with van der Waals surface area (Å²) in [6, 6.07) is 1.30. The van der Waals surface area contributed by atoms with Gasteiger partial charge in [-0.05, 0) is 25.8 Å². The number of aromatic nitrogens is 1. The molecule has 0 spiro atoms. The maximum Gasteiger partial charge on any atom is 0.265 e. The van der Waals surface area contributed by atoms with Gasteiger partial charge >= 0.3 is 0 Å². The van der Waals surface area contributed by atoms with Gasteiger partial charge in [0.15, 0.2) is 0 Å². The van der Waals surface area contributed by atoms with Crippen LogP contribution in [0.3, 0.4) is 0 Å². The first-order valence-electron chi connectivity index (χ1n) is 9.07. The van der Waals surface area contributed by atoms with E-state index in [0.717, 1.165) is 0 Å². The lowest BCUT2D eigenvalue weighted by atomic mass is 9.96. The minimum Gasteiger partial charge on any atom is -0.375 e. The van der Waals surface area contributed by atoms with Gasteiger partial charge in [-0.15, -0.1) is 0 Å². The molecular formula is C17H26N4O5S. The molecule has 2 saturated heterocycles. The lowest BCUT2D eigenvalue weighted by molar-refractivity contribution is -0.143. The van der Waals surface area contributed by atoms with Crippen LogP contribution in [0.4, 0.5) is 0 Å². The molecule has 0 aromatic carbocycles. The number of hydrogen-bond acceptors (Lipinski definition) is 5. The number of sulfonamides is 1. The summed E-state index contributed by atoms with van der Waals surface area (Å²) in [6.07, 6.45) is 2.39. The highest BCUT2D eigenvalue weighted by Crippen LogP contribution is 2.26. The van der Waals surface area contributed by atoms with Crippen molar-refractivity contribution in [3.8, 4) is 0 Å². The largest absolute Gasteiger partial charge is 0.375 e. The molecule has 0 radical (unpaired) electrons. The lowest BCUT2D eigenvalue weighted by Crippen LogP contribution is -2.49. The fraction of sp³-hybridized carbons (Fsp3) is 0.647. The van der Waals surface area contributed by atoms with Crippen molar-refractivity contribution in [3.63, 3.8) is 0 Å². The van der Waals surface area contributed by atoms with Gasteiger partial charge in [-0.25, -0.2) is 8.42 Å². The zero-order valence-corrected chi connectivity index (χ0v) is 16.4. The van der Waals surface area contributed by atoms with Crippen LogP contribution in [0.1, 0.15) is 30.3 Å². The SMILES string of the molecule is CC1CN(C(=O)C2CCN(S(=O)(=O)c3cc(C(N)=O)n(C)c3)CC2)CCO1. The summed E-state index contributed by atoms with van der Waals surface area (Å²) in [4.78, 5) is 25.9. The van der Waals surface area contributed by atoms with Gasteiger partial charge in [0.25, 0.3) is 5.91 Å². The molecule has 3 heterocycles. The van der Waals surface area contributed by atoms with E-state index in [1.807, 2.05) is 11.8 Å². The van der Waals surface area contributed by atoms with Gasteiger partial charge in [-0.2, -0.15) is 4.31 Å². The second-order valence-corrected chi connectivity index (χ2v) is 9.12. The Morgan fingerprint density at radius 2 is 1.89 bits per heavy atom. The molecule has 2 aliphatic rings. The number of amides is 2. The zero-order chi connectivity index (χ0) is 19.8. The average Bonchev–Trinajstić information content (AvgIpc) is 3.04. The number of hydrogen-bond donors (Lipinski definition) is 1. The molecule has 1 aromatic heterocycles. The first-order chi connectivity index (χ1) is 12.7. The molecule has 0 aliphatic carbocycles. The Balaban J connectivity index is 1.65. The van der Waals surface area contributed by atoms with Crippen LogP contribution >= 0.6 is 0 Å². The molecule has 150 valence electrons. The van der Waals surface area contributed by atoms with Crippen LogP contribution in [0.5, 0.6) is 0 Å². The minimum atomic E-state index is -3.72. The van der Waals surface area contributed by atoms with Crippen molar-refractivity contribution in [1.29, 1.82) is 0 Å². The number of nitrogens with zero attached hydrogens (tertiary/aromatic N) is 3. The van der Waals surface area contributed by atoms with Gasteiger partial charge in [0.2, 0.25) is 15.9 Å². The third kappa shape index (κ3) is 4.02. The average molecular weight is 398 g/mol. The Kier molecular flexibility index (Phi) is 5.59. The third-order valence-electron chi connectivity index (χ3n) is 5.23. The third-order valence-corrected chi connectivity index (χ3v) is 7.09. The summed E-state index contributed by atoms with van der Waals surface area (Å²) in [7, 11) is -2.14. The zero-order valence-electron chi connectivity index (χ0n) is 15.6. The van der Waals surface area contributed by atoms with Gasteiger partial charge in [0.1, 0.15) is 10.6 Å². The molecule has 1 atom stereocenters. The molecule has 3 rings (SSSR count). The van der Waals surface area contributed by atoms with E-state index in [1.165, 1.54) is 21.1 Å². The van der Waals surface area contributed by atoms with Crippen LogP contribution < -0.4 is 5.73 Å². The van der Waals surface area contributed by atoms with Gasteiger partial charge in [-0.1, -0.05) is 0 Å². The number of nitrogens with two attached hydrogens (primary N) is 1. The van der Waals surface area contributed by atoms with E-state index in [4.69, 9.17) is 10.5 Å². The van der Waals surface area contributed by atoms with E-state index in [9.17, 15) is 18.0 Å². The highest BCUT2D eigenvalue weighted by molar-refractivity contribution is 7.89. The highest BCUT2D eigenvalue weighted by Gasteiger charge is 2.35. The Morgan fingerprint density at radius 3 is 2.44 bits per heavy atom. The summed E-state index contributed by atoms with van der Waals surface area (Å²) in [5, 5.41) is 0. The first-order valence-corrected chi connectivity index (χ1v) is 10.5. The predicted octanol–water partition coefficient (Wildman–Crippen LogP) is -0.228. The molecule has 9 nitrogen and oxygen atoms in total. The van der Waals surface area contributed by atoms with E-state index >= 15 is 0 Å². The summed E-state index contributed by atoms with van der Waals surface area (Å²) < 4.78 is 33.9. The smallest absolute Gasteiger partial charge is 0.265 e. The number of piperidine rings is 1. The van der Waals surface area contributed by atoms with Crippen molar-refractivity contribution >= 4 is 21.8 Å². The Hall–Kier alpha value is -1.91. The van der Waals surface area contributed by atoms with E-state index in [1.54, 1.807) is 7.05 Å². The van der Waals surface area contributed by atoms with Crippen LogP contribution in [0, 0.1) is 5.92 Å². The maximum absolute atomic E-state index is 12.8. The molecule has 1 unspecified atom stereocenters. The van der Waals surface area contributed by atoms with Crippen LogP contribution in [-0.2, 0) is 26.6 Å². The highest BCUT2D eigenvalue weighted by atomic mass is 32.2. The number of rotatable bonds is 4. The molecular weight excluding hydrogens is 372 g/mol. The second-order valence-electron chi connectivity index (χ2n) is 7.18. The Morgan fingerprint density at radius 1 is 1.22 bits per heavy atom. The number of carbonyl (C=O) groups is 2. The molecule has 0 bridgehead atoms. The molecule has 2 aliphatic heterocycles. The van der Waals surface area contributed by atoms with Crippen molar-refractivity contribution in [1.82, 2.24) is 13.8 Å². The first kappa shape index (κ1) is 19.8. The second kappa shape index (κ2) is 7.61. The maximum atomic E-state index is 12.8. The topological polar surface area (TPSA) is 115 Å². The Labute approximate surface area is 159 Å². The summed E-state index contributed by atoms with van der Waals surface area (Å²) in [5.74, 6) is -0.764. The van der Waals surface area contributed by atoms with Crippen LogP contribution in [-0.4, -0.2) is 72.9 Å². The van der Waals surface area contributed by atoms with Crippen molar-refractivity contribution in [2.45, 2.75) is 30.8 Å². The fourth-order valence-corrected chi connectivity index (χ4v) is 5.23. The van der Waals surface area contributed by atoms with E-state index in [0.29, 0.717) is 32.5 Å². The fourth-order valence-electron chi connectivity index (χ4n) is 3.69. The van der Waals surface area contributed by atoms with E-state index in [-0.39, 0.29) is 41.6 Å². The monoisotopic (exact) mass is 398 g/mol. The number of morpholine rings is 1. The van der Waals surface area contributed by atoms with Crippen molar-refractivity contribution in [2.75, 3.05) is 32.8 Å². The van der Waals surface area contributed by atoms with Gasteiger partial charge < -0.3 is 19.9 Å². The predicted molar refractivity (Wildman–Crippen MR) is 97.4 cm³/mol. The van der Waals surface area contributed by atoms with Crippen molar-refractivity contribution < 1.29 is 22.7 Å². The number of aryl methyl sites for hydroxylation is 1. The molecule has 1 aromatic rings. The normalized spacial score (nSPS) is 22.7. The summed E-state index contributed by atoms with van der Waals surface area (Å²) in [5.41, 5.74) is 5.40. The van der Waals surface area contributed by atoms with Crippen LogP contribution in [0.2, 0.25) is 0 Å². The van der Waals surface area contributed by atoms with Gasteiger partial charge in [0.05, 0.1) is 12.7 Å². The Bertz CT molecular complexity index is 826. The molecule has 0 saturated carbocycles. The number of carbonyl (C=O) groups excluding carboxylic acids is 2.